The van der Waals surface area contributed by atoms with Crippen LogP contribution in [0.5, 0.6) is 0 Å². The molecule has 3 saturated heterocycles. The fraction of sp³-hybridized carbons (Fsp3) is 0.630. The summed E-state index contributed by atoms with van der Waals surface area (Å²) in [5, 5.41) is 14.2. The molecule has 1 N–H and O–H groups in total. The second kappa shape index (κ2) is 8.32. The van der Waals surface area contributed by atoms with Gasteiger partial charge in [0, 0.05) is 36.9 Å². The fourth-order valence-electron chi connectivity index (χ4n) is 6.87. The number of fused-ring (bicyclic) bond motifs is 1. The summed E-state index contributed by atoms with van der Waals surface area (Å²) in [5.41, 5.74) is 3.43. The van der Waals surface area contributed by atoms with Gasteiger partial charge in [0.25, 0.3) is 0 Å². The van der Waals surface area contributed by atoms with Crippen molar-refractivity contribution in [2.24, 2.45) is 23.2 Å². The number of nitrogens with zero attached hydrogens (tertiary/aromatic N) is 4. The van der Waals surface area contributed by atoms with Crippen LogP contribution < -0.4 is 10.2 Å². The number of likely N-dealkylation sites (tertiary alicyclic amines) is 1. The highest BCUT2D eigenvalue weighted by atomic mass is 15.2. The van der Waals surface area contributed by atoms with Crippen LogP contribution in [-0.4, -0.2) is 55.7 Å². The standard InChI is InChI=1S/C27H35N5/c28-16-21-5-6-25(23-2-1-11-30-26(21)23)32-18-22(24(19-32)20-3-4-20)17-31-14-9-27(10-15-31)7-12-29-13-8-27/h1-2,5-6,11,20,22,24,29H,3-4,7-10,12-15,17-19H2/t22-,24+/m1/s1. The Bertz CT molecular complexity index is 1010. The number of aromatic nitrogens is 1. The van der Waals surface area contributed by atoms with Crippen LogP contribution in [0.4, 0.5) is 5.69 Å². The Labute approximate surface area is 191 Å². The molecule has 6 rings (SSSR count). The lowest BCUT2D eigenvalue weighted by molar-refractivity contribution is 0.0621. The van der Waals surface area contributed by atoms with Crippen molar-refractivity contribution in [2.45, 2.75) is 38.5 Å². The molecule has 5 heteroatoms. The number of hydrogen-bond acceptors (Lipinski definition) is 5. The van der Waals surface area contributed by atoms with E-state index in [2.05, 4.69) is 38.3 Å². The molecule has 1 saturated carbocycles. The zero-order chi connectivity index (χ0) is 21.5. The van der Waals surface area contributed by atoms with Gasteiger partial charge in [0.2, 0.25) is 0 Å². The van der Waals surface area contributed by atoms with E-state index < -0.39 is 0 Å². The first-order valence-electron chi connectivity index (χ1n) is 12.7. The van der Waals surface area contributed by atoms with Gasteiger partial charge < -0.3 is 15.1 Å². The van der Waals surface area contributed by atoms with Gasteiger partial charge in [0.05, 0.1) is 11.1 Å². The number of piperidine rings is 2. The summed E-state index contributed by atoms with van der Waals surface area (Å²) in [7, 11) is 0. The third-order valence-corrected chi connectivity index (χ3v) is 9.00. The second-order valence-corrected chi connectivity index (χ2v) is 10.9. The SMILES string of the molecule is N#Cc1ccc(N2C[C@@H](CN3CCC4(CCNCC4)CC3)[C@H](C3CC3)C2)c2cccnc12. The van der Waals surface area contributed by atoms with Crippen LogP contribution in [0.15, 0.2) is 30.5 Å². The van der Waals surface area contributed by atoms with Crippen molar-refractivity contribution in [3.63, 3.8) is 0 Å². The molecule has 1 spiro atoms. The Kier molecular flexibility index (Phi) is 5.31. The van der Waals surface area contributed by atoms with Crippen molar-refractivity contribution in [3.05, 3.63) is 36.0 Å². The van der Waals surface area contributed by atoms with Crippen LogP contribution in [0.3, 0.4) is 0 Å². The lowest BCUT2D eigenvalue weighted by Gasteiger charge is -2.45. The summed E-state index contributed by atoms with van der Waals surface area (Å²) in [6.07, 6.45) is 10.2. The van der Waals surface area contributed by atoms with Gasteiger partial charge in [-0.25, -0.2) is 0 Å². The molecule has 4 fully saturated rings. The first kappa shape index (κ1) is 20.4. The van der Waals surface area contributed by atoms with Crippen molar-refractivity contribution in [2.75, 3.05) is 50.7 Å². The van der Waals surface area contributed by atoms with Crippen molar-refractivity contribution in [1.82, 2.24) is 15.2 Å². The topological polar surface area (TPSA) is 55.2 Å². The van der Waals surface area contributed by atoms with E-state index >= 15 is 0 Å². The summed E-state index contributed by atoms with van der Waals surface area (Å²) >= 11 is 0. The van der Waals surface area contributed by atoms with Crippen LogP contribution in [0, 0.1) is 34.5 Å². The van der Waals surface area contributed by atoms with Crippen LogP contribution in [0.2, 0.25) is 0 Å². The maximum absolute atomic E-state index is 9.52. The summed E-state index contributed by atoms with van der Waals surface area (Å²) in [6, 6.07) is 10.6. The lowest BCUT2D eigenvalue weighted by atomic mass is 9.71. The Morgan fingerprint density at radius 1 is 1.06 bits per heavy atom. The summed E-state index contributed by atoms with van der Waals surface area (Å²) in [4.78, 5) is 9.94. The number of anilines is 1. The molecule has 2 atom stereocenters. The predicted octanol–water partition coefficient (Wildman–Crippen LogP) is 4.03. The minimum atomic E-state index is 0.633. The predicted molar refractivity (Wildman–Crippen MR) is 129 cm³/mol. The highest BCUT2D eigenvalue weighted by Gasteiger charge is 2.44. The number of nitrogens with one attached hydrogen (secondary N) is 1. The minimum Gasteiger partial charge on any atom is -0.370 e. The van der Waals surface area contributed by atoms with Gasteiger partial charge in [-0.15, -0.1) is 0 Å². The molecule has 4 aliphatic rings. The first-order chi connectivity index (χ1) is 15.7. The van der Waals surface area contributed by atoms with Gasteiger partial charge in [-0.2, -0.15) is 5.26 Å². The van der Waals surface area contributed by atoms with Gasteiger partial charge in [-0.05, 0) is 112 Å². The Morgan fingerprint density at radius 3 is 2.62 bits per heavy atom. The molecular formula is C27H35N5. The third-order valence-electron chi connectivity index (χ3n) is 9.00. The van der Waals surface area contributed by atoms with Crippen molar-refractivity contribution in [3.8, 4) is 6.07 Å². The van der Waals surface area contributed by atoms with E-state index in [1.54, 1.807) is 6.20 Å². The van der Waals surface area contributed by atoms with Crippen LogP contribution in [0.1, 0.15) is 44.1 Å². The average Bonchev–Trinajstić information content (AvgIpc) is 3.61. The Hall–Kier alpha value is -2.16. The highest BCUT2D eigenvalue weighted by molar-refractivity contribution is 5.95. The average molecular weight is 430 g/mol. The molecule has 0 radical (unpaired) electrons. The molecule has 1 aliphatic carbocycles. The molecule has 4 heterocycles. The second-order valence-electron chi connectivity index (χ2n) is 10.9. The molecule has 1 aromatic carbocycles. The normalized spacial score (nSPS) is 28.3. The molecule has 5 nitrogen and oxygen atoms in total. The molecule has 1 aromatic heterocycles. The highest BCUT2D eigenvalue weighted by Crippen LogP contribution is 2.47. The van der Waals surface area contributed by atoms with Crippen molar-refractivity contribution < 1.29 is 0 Å². The van der Waals surface area contributed by atoms with Crippen molar-refractivity contribution in [1.29, 1.82) is 5.26 Å². The zero-order valence-electron chi connectivity index (χ0n) is 19.1. The minimum absolute atomic E-state index is 0.633. The number of hydrogen-bond donors (Lipinski definition) is 1. The quantitative estimate of drug-likeness (QED) is 0.795. The third kappa shape index (κ3) is 3.78. The molecule has 0 amide bonds. The molecule has 32 heavy (non-hydrogen) atoms. The molecule has 2 aromatic rings. The zero-order valence-corrected chi connectivity index (χ0v) is 19.1. The Balaban J connectivity index is 1.18. The summed E-state index contributed by atoms with van der Waals surface area (Å²) in [6.45, 7) is 8.58. The number of rotatable bonds is 4. The van der Waals surface area contributed by atoms with Crippen LogP contribution >= 0.6 is 0 Å². The molecular weight excluding hydrogens is 394 g/mol. The molecule has 0 bridgehead atoms. The smallest absolute Gasteiger partial charge is 0.101 e. The maximum Gasteiger partial charge on any atom is 0.101 e. The number of pyridine rings is 1. The number of benzene rings is 1. The van der Waals surface area contributed by atoms with Gasteiger partial charge in [-0.3, -0.25) is 4.98 Å². The van der Waals surface area contributed by atoms with Gasteiger partial charge in [0.1, 0.15) is 6.07 Å². The molecule has 168 valence electrons. The van der Waals surface area contributed by atoms with Crippen molar-refractivity contribution >= 4 is 16.6 Å². The van der Waals surface area contributed by atoms with Gasteiger partial charge in [-0.1, -0.05) is 0 Å². The summed E-state index contributed by atoms with van der Waals surface area (Å²) < 4.78 is 0. The molecule has 0 unspecified atom stereocenters. The van der Waals surface area contributed by atoms with E-state index in [1.165, 1.54) is 76.9 Å². The molecule has 3 aliphatic heterocycles. The number of nitriles is 1. The van der Waals surface area contributed by atoms with Crippen LogP contribution in [0.25, 0.3) is 10.9 Å². The summed E-state index contributed by atoms with van der Waals surface area (Å²) in [5.74, 6) is 2.49. The first-order valence-corrected chi connectivity index (χ1v) is 12.7. The Morgan fingerprint density at radius 2 is 1.88 bits per heavy atom. The van der Waals surface area contributed by atoms with E-state index in [-0.39, 0.29) is 0 Å². The largest absolute Gasteiger partial charge is 0.370 e. The lowest BCUT2D eigenvalue weighted by Crippen LogP contribution is -2.47. The van der Waals surface area contributed by atoms with E-state index in [1.807, 2.05) is 12.1 Å². The van der Waals surface area contributed by atoms with E-state index in [4.69, 9.17) is 0 Å². The van der Waals surface area contributed by atoms with E-state index in [9.17, 15) is 5.26 Å². The monoisotopic (exact) mass is 429 g/mol. The maximum atomic E-state index is 9.52. The van der Waals surface area contributed by atoms with E-state index in [0.29, 0.717) is 11.0 Å². The fourth-order valence-corrected chi connectivity index (χ4v) is 6.87. The van der Waals surface area contributed by atoms with Gasteiger partial charge >= 0.3 is 0 Å². The van der Waals surface area contributed by atoms with Gasteiger partial charge in [0.15, 0.2) is 0 Å². The van der Waals surface area contributed by atoms with Crippen LogP contribution in [-0.2, 0) is 0 Å². The van der Waals surface area contributed by atoms with E-state index in [0.717, 1.165) is 41.7 Å².